The molecule has 0 bridgehead atoms. The number of carbonyl (C=O) groups excluding carboxylic acids is 2. The number of hydrogen-bond acceptors (Lipinski definition) is 6. The normalized spacial score (nSPS) is 31.9. The molecular weight excluding hydrogens is 300 g/mol. The number of esters is 1. The Labute approximate surface area is 134 Å². The van der Waals surface area contributed by atoms with Crippen molar-refractivity contribution in [3.05, 3.63) is 42.0 Å². The third-order valence-electron chi connectivity index (χ3n) is 3.62. The topological polar surface area (TPSA) is 71.1 Å². The maximum atomic E-state index is 12.0. The van der Waals surface area contributed by atoms with Gasteiger partial charge in [-0.05, 0) is 25.5 Å². The molecule has 1 aromatic rings. The fourth-order valence-electron chi connectivity index (χ4n) is 2.65. The van der Waals surface area contributed by atoms with Crippen LogP contribution in [0.25, 0.3) is 6.08 Å². The minimum absolute atomic E-state index is 0.566. The molecule has 0 aliphatic carbocycles. The summed E-state index contributed by atoms with van der Waals surface area (Å²) in [6.07, 6.45) is 0.497. The second-order valence-corrected chi connectivity index (χ2v) is 5.85. The van der Waals surface area contributed by atoms with Crippen LogP contribution in [0.1, 0.15) is 19.4 Å². The summed E-state index contributed by atoms with van der Waals surface area (Å²) in [5.74, 6) is -1.41. The lowest BCUT2D eigenvalue weighted by molar-refractivity contribution is -0.215. The van der Waals surface area contributed by atoms with Crippen LogP contribution in [0, 0.1) is 0 Å². The van der Waals surface area contributed by atoms with Crippen LogP contribution in [0.4, 0.5) is 0 Å². The third-order valence-corrected chi connectivity index (χ3v) is 3.62. The van der Waals surface area contributed by atoms with Crippen molar-refractivity contribution in [3.8, 4) is 0 Å². The summed E-state index contributed by atoms with van der Waals surface area (Å²) in [6.45, 7) is 3.47. The van der Waals surface area contributed by atoms with Gasteiger partial charge in [0.05, 0.1) is 0 Å². The van der Waals surface area contributed by atoms with Gasteiger partial charge in [0.1, 0.15) is 0 Å². The average Bonchev–Trinajstić information content (AvgIpc) is 2.99. The number of ether oxygens (including phenoxy) is 4. The molecule has 0 N–H and O–H groups in total. The molecule has 2 heterocycles. The van der Waals surface area contributed by atoms with Crippen molar-refractivity contribution in [3.63, 3.8) is 0 Å². The molecule has 6 heteroatoms. The van der Waals surface area contributed by atoms with Crippen LogP contribution in [0.3, 0.4) is 0 Å². The van der Waals surface area contributed by atoms with E-state index in [1.54, 1.807) is 19.9 Å². The van der Waals surface area contributed by atoms with Crippen LogP contribution in [-0.2, 0) is 28.5 Å². The molecule has 0 spiro atoms. The number of hydrogen-bond donors (Lipinski definition) is 0. The predicted molar refractivity (Wildman–Crippen MR) is 80.1 cm³/mol. The van der Waals surface area contributed by atoms with Gasteiger partial charge in [-0.3, -0.25) is 0 Å². The minimum Gasteiger partial charge on any atom is -0.453 e. The van der Waals surface area contributed by atoms with E-state index in [0.717, 1.165) is 5.56 Å². The lowest BCUT2D eigenvalue weighted by Crippen LogP contribution is -2.38. The van der Waals surface area contributed by atoms with Crippen LogP contribution in [-0.4, -0.2) is 42.6 Å². The zero-order chi connectivity index (χ0) is 16.4. The molecule has 0 radical (unpaired) electrons. The highest BCUT2D eigenvalue weighted by Crippen LogP contribution is 2.38. The lowest BCUT2D eigenvalue weighted by Gasteiger charge is -2.23. The third kappa shape index (κ3) is 3.50. The molecule has 0 saturated carbocycles. The van der Waals surface area contributed by atoms with Crippen molar-refractivity contribution in [2.24, 2.45) is 0 Å². The number of fused-ring (bicyclic) bond motifs is 1. The summed E-state index contributed by atoms with van der Waals surface area (Å²) in [5.41, 5.74) is 0.874. The Morgan fingerprint density at radius 2 is 1.96 bits per heavy atom. The molecule has 0 amide bonds. The van der Waals surface area contributed by atoms with E-state index in [0.29, 0.717) is 6.29 Å². The van der Waals surface area contributed by atoms with E-state index in [-0.39, 0.29) is 0 Å². The van der Waals surface area contributed by atoms with E-state index < -0.39 is 36.4 Å². The lowest BCUT2D eigenvalue weighted by atomic mass is 10.1. The first kappa shape index (κ1) is 15.9. The summed E-state index contributed by atoms with van der Waals surface area (Å²) in [5, 5.41) is 0. The number of aldehydes is 1. The first-order valence-corrected chi connectivity index (χ1v) is 7.39. The highest BCUT2D eigenvalue weighted by atomic mass is 16.8. The molecule has 2 aliphatic heterocycles. The fourth-order valence-corrected chi connectivity index (χ4v) is 2.65. The van der Waals surface area contributed by atoms with Gasteiger partial charge in [0.15, 0.2) is 36.7 Å². The number of carbonyl (C=O) groups is 2. The van der Waals surface area contributed by atoms with Gasteiger partial charge in [0.25, 0.3) is 0 Å². The second kappa shape index (κ2) is 6.23. The first-order chi connectivity index (χ1) is 11.0. The molecule has 2 aliphatic rings. The molecule has 6 nitrogen and oxygen atoms in total. The van der Waals surface area contributed by atoms with E-state index in [2.05, 4.69) is 0 Å². The van der Waals surface area contributed by atoms with Crippen LogP contribution < -0.4 is 0 Å². The maximum Gasteiger partial charge on any atom is 0.331 e. The monoisotopic (exact) mass is 318 g/mol. The van der Waals surface area contributed by atoms with Crippen LogP contribution in [0.5, 0.6) is 0 Å². The van der Waals surface area contributed by atoms with Gasteiger partial charge in [-0.1, -0.05) is 30.3 Å². The molecular formula is C17H18O6. The molecule has 2 saturated heterocycles. The number of benzene rings is 1. The quantitative estimate of drug-likeness (QED) is 0.478. The average molecular weight is 318 g/mol. The van der Waals surface area contributed by atoms with Gasteiger partial charge < -0.3 is 23.7 Å². The Kier molecular flexibility index (Phi) is 4.30. The number of rotatable bonds is 4. The van der Waals surface area contributed by atoms with E-state index in [1.807, 2.05) is 30.3 Å². The van der Waals surface area contributed by atoms with Gasteiger partial charge in [-0.15, -0.1) is 0 Å². The molecule has 0 unspecified atom stereocenters. The molecule has 0 aromatic heterocycles. The predicted octanol–water partition coefficient (Wildman–Crippen LogP) is 1.69. The second-order valence-electron chi connectivity index (χ2n) is 5.85. The SMILES string of the molecule is CC1(C)O[C@H]2O[C@H](C=O)[C@H](OC(=O)/C=C/c3ccccc3)[C@H]2O1. The van der Waals surface area contributed by atoms with Crippen molar-refractivity contribution in [2.75, 3.05) is 0 Å². The Hall–Kier alpha value is -2.02. The summed E-state index contributed by atoms with van der Waals surface area (Å²) >= 11 is 0. The Morgan fingerprint density at radius 3 is 2.65 bits per heavy atom. The smallest absolute Gasteiger partial charge is 0.331 e. The van der Waals surface area contributed by atoms with Crippen molar-refractivity contribution in [2.45, 2.75) is 44.2 Å². The van der Waals surface area contributed by atoms with Crippen molar-refractivity contribution >= 4 is 18.3 Å². The van der Waals surface area contributed by atoms with E-state index in [9.17, 15) is 9.59 Å². The zero-order valence-corrected chi connectivity index (χ0v) is 12.9. The molecule has 1 aromatic carbocycles. The van der Waals surface area contributed by atoms with E-state index in [4.69, 9.17) is 18.9 Å². The van der Waals surface area contributed by atoms with Crippen molar-refractivity contribution in [1.82, 2.24) is 0 Å². The summed E-state index contributed by atoms with van der Waals surface area (Å²) in [7, 11) is 0. The largest absolute Gasteiger partial charge is 0.453 e. The van der Waals surface area contributed by atoms with E-state index >= 15 is 0 Å². The van der Waals surface area contributed by atoms with Gasteiger partial charge >= 0.3 is 5.97 Å². The summed E-state index contributed by atoms with van der Waals surface area (Å²) in [6, 6.07) is 9.36. The first-order valence-electron chi connectivity index (χ1n) is 7.39. The standard InChI is InChI=1S/C17H18O6/c1-17(2)22-15-14(12(10-18)20-16(15)23-17)21-13(19)9-8-11-6-4-3-5-7-11/h3-10,12,14-16H,1-2H3/b9-8+/t12-,14+,15-,16-/m1/s1. The summed E-state index contributed by atoms with van der Waals surface area (Å²) < 4.78 is 22.0. The van der Waals surface area contributed by atoms with Crippen molar-refractivity contribution < 1.29 is 28.5 Å². The van der Waals surface area contributed by atoms with Crippen LogP contribution >= 0.6 is 0 Å². The molecule has 23 heavy (non-hydrogen) atoms. The highest BCUT2D eigenvalue weighted by molar-refractivity contribution is 5.87. The molecule has 2 fully saturated rings. The van der Waals surface area contributed by atoms with Gasteiger partial charge in [0.2, 0.25) is 0 Å². The van der Waals surface area contributed by atoms with Gasteiger partial charge in [-0.2, -0.15) is 0 Å². The maximum absolute atomic E-state index is 12.0. The van der Waals surface area contributed by atoms with Crippen LogP contribution in [0.15, 0.2) is 36.4 Å². The molecule has 3 rings (SSSR count). The molecule has 122 valence electrons. The zero-order valence-electron chi connectivity index (χ0n) is 12.9. The van der Waals surface area contributed by atoms with Gasteiger partial charge in [-0.25, -0.2) is 4.79 Å². The van der Waals surface area contributed by atoms with E-state index in [1.165, 1.54) is 6.08 Å². The Morgan fingerprint density at radius 1 is 1.22 bits per heavy atom. The Balaban J connectivity index is 1.66. The fraction of sp³-hybridized carbons (Fsp3) is 0.412. The van der Waals surface area contributed by atoms with Gasteiger partial charge in [0, 0.05) is 6.08 Å². The van der Waals surface area contributed by atoms with Crippen LogP contribution in [0.2, 0.25) is 0 Å². The molecule has 4 atom stereocenters. The Bertz CT molecular complexity index is 609. The van der Waals surface area contributed by atoms with Crippen molar-refractivity contribution in [1.29, 1.82) is 0 Å². The minimum atomic E-state index is -0.893. The highest BCUT2D eigenvalue weighted by Gasteiger charge is 2.56. The summed E-state index contributed by atoms with van der Waals surface area (Å²) in [4.78, 5) is 23.1.